The van der Waals surface area contributed by atoms with Crippen molar-refractivity contribution in [2.24, 2.45) is 10.7 Å². The van der Waals surface area contributed by atoms with Crippen molar-refractivity contribution in [2.75, 3.05) is 20.3 Å². The molecule has 0 saturated heterocycles. The summed E-state index contributed by atoms with van der Waals surface area (Å²) in [5.41, 5.74) is 7.82. The van der Waals surface area contributed by atoms with Gasteiger partial charge < -0.3 is 15.2 Å². The smallest absolute Gasteiger partial charge is 0.231 e. The quantitative estimate of drug-likeness (QED) is 0.861. The van der Waals surface area contributed by atoms with Crippen molar-refractivity contribution in [3.05, 3.63) is 47.0 Å². The minimum Gasteiger partial charge on any atom is -0.486 e. The van der Waals surface area contributed by atoms with E-state index in [4.69, 9.17) is 26.8 Å². The van der Waals surface area contributed by atoms with Crippen LogP contribution in [0.15, 0.2) is 41.4 Å². The van der Waals surface area contributed by atoms with Crippen LogP contribution in [0.25, 0.3) is 11.1 Å². The Labute approximate surface area is 162 Å². The van der Waals surface area contributed by atoms with Gasteiger partial charge in [-0.15, -0.1) is 0 Å². The number of ether oxygens (including phenoxy) is 2. The van der Waals surface area contributed by atoms with Crippen LogP contribution in [0.1, 0.15) is 18.9 Å². The summed E-state index contributed by atoms with van der Waals surface area (Å²) in [5, 5.41) is 0.607. The number of benzene rings is 2. The predicted molar refractivity (Wildman–Crippen MR) is 104 cm³/mol. The van der Waals surface area contributed by atoms with Gasteiger partial charge in [-0.2, -0.15) is 0 Å². The predicted octanol–water partition coefficient (Wildman–Crippen LogP) is 3.17. The van der Waals surface area contributed by atoms with E-state index in [9.17, 15) is 4.79 Å². The lowest BCUT2D eigenvalue weighted by Gasteiger charge is -2.34. The maximum Gasteiger partial charge on any atom is 0.231 e. The highest BCUT2D eigenvalue weighted by molar-refractivity contribution is 6.33. The lowest BCUT2D eigenvalue weighted by atomic mass is 9.86. The first-order chi connectivity index (χ1) is 12.9. The number of fused-ring (bicyclic) bond motifs is 1. The number of rotatable bonds is 2. The molecule has 0 aliphatic carbocycles. The number of nitrogens with two attached hydrogens (primary N) is 1. The number of amides is 1. The van der Waals surface area contributed by atoms with E-state index in [1.54, 1.807) is 7.05 Å². The number of nitrogens with zero attached hydrogens (tertiary/aromatic N) is 2. The fourth-order valence-electron chi connectivity index (χ4n) is 3.37. The lowest BCUT2D eigenvalue weighted by molar-refractivity contribution is -0.128. The molecule has 6 nitrogen and oxygen atoms in total. The monoisotopic (exact) mass is 385 g/mol. The average molecular weight is 386 g/mol. The topological polar surface area (TPSA) is 77.2 Å². The van der Waals surface area contributed by atoms with Crippen molar-refractivity contribution in [2.45, 2.75) is 18.9 Å². The Morgan fingerprint density at radius 1 is 1.15 bits per heavy atom. The summed E-state index contributed by atoms with van der Waals surface area (Å²) in [5.74, 6) is 1.57. The molecule has 27 heavy (non-hydrogen) atoms. The normalized spacial score (nSPS) is 21.8. The van der Waals surface area contributed by atoms with Gasteiger partial charge in [0.15, 0.2) is 17.5 Å². The first-order valence-corrected chi connectivity index (χ1v) is 9.07. The molecule has 2 aliphatic heterocycles. The third-order valence-corrected chi connectivity index (χ3v) is 5.35. The van der Waals surface area contributed by atoms with Gasteiger partial charge in [-0.3, -0.25) is 9.69 Å². The highest BCUT2D eigenvalue weighted by Crippen LogP contribution is 2.40. The van der Waals surface area contributed by atoms with Gasteiger partial charge in [0, 0.05) is 17.6 Å². The summed E-state index contributed by atoms with van der Waals surface area (Å²) in [4.78, 5) is 18.2. The Hall–Kier alpha value is -2.73. The van der Waals surface area contributed by atoms with Crippen LogP contribution in [0.4, 0.5) is 0 Å². The van der Waals surface area contributed by atoms with Crippen LogP contribution in [-0.4, -0.2) is 37.0 Å². The minimum atomic E-state index is -0.735. The molecule has 0 spiro atoms. The molecule has 140 valence electrons. The van der Waals surface area contributed by atoms with Crippen LogP contribution in [0.3, 0.4) is 0 Å². The van der Waals surface area contributed by atoms with Gasteiger partial charge in [-0.25, -0.2) is 4.99 Å². The molecule has 1 amide bonds. The molecule has 1 atom stereocenters. The molecule has 0 radical (unpaired) electrons. The lowest BCUT2D eigenvalue weighted by Crippen LogP contribution is -2.47. The van der Waals surface area contributed by atoms with Crippen LogP contribution >= 0.6 is 11.6 Å². The van der Waals surface area contributed by atoms with E-state index in [1.165, 1.54) is 4.90 Å². The Bertz CT molecular complexity index is 959. The van der Waals surface area contributed by atoms with Gasteiger partial charge in [0.2, 0.25) is 5.91 Å². The molecule has 0 bridgehead atoms. The molecule has 0 saturated carbocycles. The van der Waals surface area contributed by atoms with E-state index >= 15 is 0 Å². The van der Waals surface area contributed by atoms with Crippen molar-refractivity contribution in [1.82, 2.24) is 4.90 Å². The Balaban J connectivity index is 1.78. The number of carbonyl (C=O) groups is 1. The number of hydrogen-bond acceptors (Lipinski definition) is 5. The third kappa shape index (κ3) is 3.10. The molecule has 2 N–H and O–H groups in total. The summed E-state index contributed by atoms with van der Waals surface area (Å²) in [6.45, 7) is 2.97. The molecule has 1 unspecified atom stereocenters. The first-order valence-electron chi connectivity index (χ1n) is 8.69. The maximum absolute atomic E-state index is 12.3. The summed E-state index contributed by atoms with van der Waals surface area (Å²) in [6.07, 6.45) is 0.242. The van der Waals surface area contributed by atoms with E-state index in [2.05, 4.69) is 4.99 Å². The van der Waals surface area contributed by atoms with E-state index in [1.807, 2.05) is 43.3 Å². The second-order valence-corrected chi connectivity index (χ2v) is 7.33. The molecule has 2 aliphatic rings. The van der Waals surface area contributed by atoms with Crippen molar-refractivity contribution in [3.63, 3.8) is 0 Å². The zero-order chi connectivity index (χ0) is 19.2. The first kappa shape index (κ1) is 17.7. The second kappa shape index (κ2) is 6.46. The van der Waals surface area contributed by atoms with E-state index in [-0.39, 0.29) is 18.3 Å². The van der Waals surface area contributed by atoms with Crippen LogP contribution in [-0.2, 0) is 10.3 Å². The third-order valence-electron chi connectivity index (χ3n) is 5.02. The average Bonchev–Trinajstić information content (AvgIpc) is 2.66. The molecule has 0 aromatic heterocycles. The Morgan fingerprint density at radius 3 is 2.63 bits per heavy atom. The van der Waals surface area contributed by atoms with Gasteiger partial charge in [-0.05, 0) is 42.3 Å². The van der Waals surface area contributed by atoms with Crippen molar-refractivity contribution >= 4 is 23.5 Å². The SMILES string of the molecule is CN1C(=O)CC(C)(c2ccc(Cl)c(-c3ccc4c(c3)OCCO4)c2)N=C1N. The van der Waals surface area contributed by atoms with Crippen LogP contribution < -0.4 is 15.2 Å². The fourth-order valence-corrected chi connectivity index (χ4v) is 3.59. The molecule has 2 aromatic carbocycles. The van der Waals surface area contributed by atoms with Gasteiger partial charge >= 0.3 is 0 Å². The molecular formula is C20H20ClN3O3. The number of carbonyl (C=O) groups excluding carboxylic acids is 1. The maximum atomic E-state index is 12.3. The second-order valence-electron chi connectivity index (χ2n) is 6.93. The zero-order valence-electron chi connectivity index (χ0n) is 15.2. The highest BCUT2D eigenvalue weighted by Gasteiger charge is 2.36. The molecule has 2 aromatic rings. The number of aliphatic imine (C=N–C) groups is 1. The Kier molecular flexibility index (Phi) is 4.23. The van der Waals surface area contributed by atoms with Gasteiger partial charge in [0.1, 0.15) is 13.2 Å². The molecular weight excluding hydrogens is 366 g/mol. The van der Waals surface area contributed by atoms with Gasteiger partial charge in [0.05, 0.1) is 12.0 Å². The largest absolute Gasteiger partial charge is 0.486 e. The number of halogens is 1. The van der Waals surface area contributed by atoms with Crippen molar-refractivity contribution in [1.29, 1.82) is 0 Å². The van der Waals surface area contributed by atoms with Crippen LogP contribution in [0.2, 0.25) is 5.02 Å². The summed E-state index contributed by atoms with van der Waals surface area (Å²) in [6, 6.07) is 11.4. The summed E-state index contributed by atoms with van der Waals surface area (Å²) >= 11 is 6.47. The van der Waals surface area contributed by atoms with Gasteiger partial charge in [-0.1, -0.05) is 23.7 Å². The minimum absolute atomic E-state index is 0.0687. The number of guanidine groups is 1. The standard InChI is InChI=1S/C20H20ClN3O3/c1-20(11-18(25)24(2)19(22)23-20)13-4-5-15(21)14(10-13)12-3-6-16-17(9-12)27-8-7-26-16/h3-6,9-10H,7-8,11H2,1-2H3,(H2,22,23). The van der Waals surface area contributed by atoms with Crippen LogP contribution in [0.5, 0.6) is 11.5 Å². The van der Waals surface area contributed by atoms with E-state index in [0.29, 0.717) is 24.0 Å². The van der Waals surface area contributed by atoms with Crippen molar-refractivity contribution < 1.29 is 14.3 Å². The van der Waals surface area contributed by atoms with E-state index < -0.39 is 5.54 Å². The van der Waals surface area contributed by atoms with Crippen molar-refractivity contribution in [3.8, 4) is 22.6 Å². The van der Waals surface area contributed by atoms with E-state index in [0.717, 1.165) is 22.4 Å². The van der Waals surface area contributed by atoms with Crippen LogP contribution in [0, 0.1) is 0 Å². The molecule has 7 heteroatoms. The zero-order valence-corrected chi connectivity index (χ0v) is 15.9. The fraction of sp³-hybridized carbons (Fsp3) is 0.300. The molecule has 2 heterocycles. The summed E-state index contributed by atoms with van der Waals surface area (Å²) in [7, 11) is 1.63. The molecule has 0 fully saturated rings. The highest BCUT2D eigenvalue weighted by atomic mass is 35.5. The van der Waals surface area contributed by atoms with Gasteiger partial charge in [0.25, 0.3) is 0 Å². The molecule has 4 rings (SSSR count). The summed E-state index contributed by atoms with van der Waals surface area (Å²) < 4.78 is 11.3. The number of hydrogen-bond donors (Lipinski definition) is 1. The Morgan fingerprint density at radius 2 is 1.89 bits per heavy atom.